The van der Waals surface area contributed by atoms with Crippen molar-refractivity contribution in [3.05, 3.63) is 23.5 Å². The maximum absolute atomic E-state index is 6.00. The molecule has 0 N–H and O–H groups in total. The zero-order valence-electron chi connectivity index (χ0n) is 10.1. The van der Waals surface area contributed by atoms with Crippen LogP contribution in [0, 0.1) is 5.92 Å². The van der Waals surface area contributed by atoms with Gasteiger partial charge in [-0.15, -0.1) is 0 Å². The van der Waals surface area contributed by atoms with Crippen molar-refractivity contribution in [2.45, 2.75) is 44.6 Å². The number of rotatable bonds is 1. The molecule has 0 aromatic carbocycles. The number of piperidine rings is 1. The molecule has 2 aliphatic rings. The van der Waals surface area contributed by atoms with Gasteiger partial charge < -0.3 is 4.90 Å². The Labute approximate surface area is 108 Å². The van der Waals surface area contributed by atoms with E-state index in [0.717, 1.165) is 12.0 Å². The van der Waals surface area contributed by atoms with Gasteiger partial charge in [0.25, 0.3) is 0 Å². The first-order valence-electron chi connectivity index (χ1n) is 6.73. The van der Waals surface area contributed by atoms with Gasteiger partial charge >= 0.3 is 0 Å². The van der Waals surface area contributed by atoms with Crippen LogP contribution in [-0.4, -0.2) is 17.6 Å². The second-order valence-electron chi connectivity index (χ2n) is 5.28. The van der Waals surface area contributed by atoms with E-state index in [1.807, 2.05) is 12.3 Å². The summed E-state index contributed by atoms with van der Waals surface area (Å²) in [7, 11) is 0. The highest BCUT2D eigenvalue weighted by Gasteiger charge is 2.33. The van der Waals surface area contributed by atoms with Crippen molar-refractivity contribution >= 4 is 17.3 Å². The number of nitrogens with zero attached hydrogens (tertiary/aromatic N) is 2. The van der Waals surface area contributed by atoms with Crippen LogP contribution in [0.2, 0.25) is 5.15 Å². The van der Waals surface area contributed by atoms with E-state index in [-0.39, 0.29) is 0 Å². The first-order chi connectivity index (χ1) is 8.34. The standard InChI is InChI=1S/C14H19ClN2/c15-14-10-12(7-8-16-14)17-9-3-5-11-4-1-2-6-13(11)17/h7-8,10-11,13H,1-6,9H2/t11-,13-/m1/s1. The summed E-state index contributed by atoms with van der Waals surface area (Å²) in [6, 6.07) is 4.86. The van der Waals surface area contributed by atoms with Crippen LogP contribution in [0.25, 0.3) is 0 Å². The molecule has 3 heteroatoms. The van der Waals surface area contributed by atoms with Gasteiger partial charge in [0.15, 0.2) is 0 Å². The molecule has 2 atom stereocenters. The summed E-state index contributed by atoms with van der Waals surface area (Å²) in [6.45, 7) is 1.18. The Kier molecular flexibility index (Phi) is 3.24. The Bertz CT molecular complexity index is 392. The average Bonchev–Trinajstić information content (AvgIpc) is 2.38. The van der Waals surface area contributed by atoms with E-state index in [4.69, 9.17) is 11.6 Å². The number of hydrogen-bond acceptors (Lipinski definition) is 2. The second kappa shape index (κ2) is 4.85. The van der Waals surface area contributed by atoms with Crippen molar-refractivity contribution in [1.29, 1.82) is 0 Å². The molecule has 3 rings (SSSR count). The van der Waals surface area contributed by atoms with E-state index in [1.54, 1.807) is 0 Å². The number of pyridine rings is 1. The minimum atomic E-state index is 0.612. The van der Waals surface area contributed by atoms with Crippen LogP contribution in [0.5, 0.6) is 0 Å². The summed E-state index contributed by atoms with van der Waals surface area (Å²) in [6.07, 6.45) is 10.1. The molecular weight excluding hydrogens is 232 g/mol. The van der Waals surface area contributed by atoms with Gasteiger partial charge in [0.2, 0.25) is 0 Å². The molecular formula is C14H19ClN2. The summed E-state index contributed by atoms with van der Waals surface area (Å²) >= 11 is 6.00. The molecule has 0 radical (unpaired) electrons. The predicted octanol–water partition coefficient (Wildman–Crippen LogP) is 3.89. The molecule has 92 valence electrons. The van der Waals surface area contributed by atoms with Crippen molar-refractivity contribution in [3.8, 4) is 0 Å². The van der Waals surface area contributed by atoms with Crippen LogP contribution in [-0.2, 0) is 0 Å². The highest BCUT2D eigenvalue weighted by Crippen LogP contribution is 2.37. The van der Waals surface area contributed by atoms with E-state index in [0.29, 0.717) is 5.15 Å². The molecule has 1 saturated carbocycles. The maximum Gasteiger partial charge on any atom is 0.131 e. The van der Waals surface area contributed by atoms with Crippen molar-refractivity contribution < 1.29 is 0 Å². The van der Waals surface area contributed by atoms with Gasteiger partial charge in [0.05, 0.1) is 0 Å². The number of fused-ring (bicyclic) bond motifs is 1. The van der Waals surface area contributed by atoms with Crippen LogP contribution < -0.4 is 4.90 Å². The third-order valence-corrected chi connectivity index (χ3v) is 4.49. The Morgan fingerprint density at radius 1 is 1.18 bits per heavy atom. The lowest BCUT2D eigenvalue weighted by atomic mass is 9.78. The van der Waals surface area contributed by atoms with Crippen LogP contribution >= 0.6 is 11.6 Å². The largest absolute Gasteiger partial charge is 0.368 e. The van der Waals surface area contributed by atoms with Crippen LogP contribution in [0.3, 0.4) is 0 Å². The number of aromatic nitrogens is 1. The van der Waals surface area contributed by atoms with Crippen molar-refractivity contribution in [3.63, 3.8) is 0 Å². The molecule has 2 nitrogen and oxygen atoms in total. The van der Waals surface area contributed by atoms with E-state index in [9.17, 15) is 0 Å². The van der Waals surface area contributed by atoms with E-state index in [2.05, 4.69) is 16.0 Å². The average molecular weight is 251 g/mol. The summed E-state index contributed by atoms with van der Waals surface area (Å²) < 4.78 is 0. The van der Waals surface area contributed by atoms with E-state index >= 15 is 0 Å². The lowest BCUT2D eigenvalue weighted by Crippen LogP contribution is -2.46. The fourth-order valence-corrected chi connectivity index (χ4v) is 3.68. The normalized spacial score (nSPS) is 28.9. The zero-order valence-corrected chi connectivity index (χ0v) is 10.9. The highest BCUT2D eigenvalue weighted by molar-refractivity contribution is 6.29. The Hall–Kier alpha value is -0.760. The molecule has 1 aromatic rings. The first kappa shape index (κ1) is 11.3. The molecule has 0 amide bonds. The minimum Gasteiger partial charge on any atom is -0.368 e. The molecule has 0 unspecified atom stereocenters. The molecule has 2 fully saturated rings. The fraction of sp³-hybridized carbons (Fsp3) is 0.643. The van der Waals surface area contributed by atoms with Gasteiger partial charge in [-0.2, -0.15) is 0 Å². The molecule has 1 aliphatic carbocycles. The fourth-order valence-electron chi connectivity index (χ4n) is 3.52. The summed E-state index contributed by atoms with van der Waals surface area (Å²) in [5, 5.41) is 0.612. The SMILES string of the molecule is Clc1cc(N2CCC[C@H]3CCCC[C@H]32)ccn1. The third kappa shape index (κ3) is 2.28. The van der Waals surface area contributed by atoms with Crippen LogP contribution in [0.1, 0.15) is 38.5 Å². The number of halogens is 1. The minimum absolute atomic E-state index is 0.612. The summed E-state index contributed by atoms with van der Waals surface area (Å²) in [5.74, 6) is 0.907. The van der Waals surface area contributed by atoms with Gasteiger partial charge in [0.1, 0.15) is 5.15 Å². The van der Waals surface area contributed by atoms with Crippen LogP contribution in [0.15, 0.2) is 18.3 Å². The lowest BCUT2D eigenvalue weighted by Gasteiger charge is -2.45. The van der Waals surface area contributed by atoms with Gasteiger partial charge in [-0.25, -0.2) is 4.98 Å². The molecule has 1 saturated heterocycles. The molecule has 1 aromatic heterocycles. The van der Waals surface area contributed by atoms with E-state index < -0.39 is 0 Å². The molecule has 0 bridgehead atoms. The monoisotopic (exact) mass is 250 g/mol. The lowest BCUT2D eigenvalue weighted by molar-refractivity contribution is 0.244. The highest BCUT2D eigenvalue weighted by atomic mass is 35.5. The van der Waals surface area contributed by atoms with Gasteiger partial charge in [-0.3, -0.25) is 0 Å². The smallest absolute Gasteiger partial charge is 0.131 e. The Balaban J connectivity index is 1.85. The van der Waals surface area contributed by atoms with Crippen molar-refractivity contribution in [1.82, 2.24) is 4.98 Å². The zero-order chi connectivity index (χ0) is 11.7. The van der Waals surface area contributed by atoms with Crippen molar-refractivity contribution in [2.24, 2.45) is 5.92 Å². The van der Waals surface area contributed by atoms with E-state index in [1.165, 1.54) is 50.8 Å². The second-order valence-corrected chi connectivity index (χ2v) is 5.67. The van der Waals surface area contributed by atoms with Crippen molar-refractivity contribution in [2.75, 3.05) is 11.4 Å². The number of anilines is 1. The predicted molar refractivity (Wildman–Crippen MR) is 71.6 cm³/mol. The molecule has 2 heterocycles. The van der Waals surface area contributed by atoms with Gasteiger partial charge in [-0.1, -0.05) is 24.4 Å². The first-order valence-corrected chi connectivity index (χ1v) is 7.10. The van der Waals surface area contributed by atoms with Gasteiger partial charge in [-0.05, 0) is 43.7 Å². The quantitative estimate of drug-likeness (QED) is 0.703. The van der Waals surface area contributed by atoms with Crippen LogP contribution in [0.4, 0.5) is 5.69 Å². The molecule has 0 spiro atoms. The number of hydrogen-bond donors (Lipinski definition) is 0. The maximum atomic E-state index is 6.00. The Morgan fingerprint density at radius 2 is 2.00 bits per heavy atom. The molecule has 1 aliphatic heterocycles. The Morgan fingerprint density at radius 3 is 2.88 bits per heavy atom. The third-order valence-electron chi connectivity index (χ3n) is 4.29. The summed E-state index contributed by atoms with van der Waals surface area (Å²) in [5.41, 5.74) is 1.27. The molecule has 17 heavy (non-hydrogen) atoms. The summed E-state index contributed by atoms with van der Waals surface area (Å²) in [4.78, 5) is 6.65. The topological polar surface area (TPSA) is 16.1 Å². The van der Waals surface area contributed by atoms with Gasteiger partial charge in [0, 0.05) is 24.5 Å².